The highest BCUT2D eigenvalue weighted by atomic mass is 16.5. The molecule has 2 aromatic carbocycles. The highest BCUT2D eigenvalue weighted by Gasteiger charge is 2.28. The van der Waals surface area contributed by atoms with Crippen LogP contribution in [0.5, 0.6) is 0 Å². The van der Waals surface area contributed by atoms with Gasteiger partial charge in [-0.05, 0) is 54.5 Å². The number of unbranched alkanes of at least 4 members (excludes halogenated alkanes) is 2. The highest BCUT2D eigenvalue weighted by molar-refractivity contribution is 5.81. The topological polar surface area (TPSA) is 29.5 Å². The van der Waals surface area contributed by atoms with Crippen molar-refractivity contribution in [2.24, 2.45) is 0 Å². The minimum atomic E-state index is -0.0216. The quantitative estimate of drug-likeness (QED) is 0.289. The van der Waals surface area contributed by atoms with Crippen LogP contribution in [0.2, 0.25) is 0 Å². The number of carbonyl (C=O) groups excluding carboxylic acids is 1. The zero-order valence-corrected chi connectivity index (χ0v) is 20.3. The summed E-state index contributed by atoms with van der Waals surface area (Å²) in [6.07, 6.45) is 9.94. The van der Waals surface area contributed by atoms with Crippen LogP contribution in [0.1, 0.15) is 63.1 Å². The van der Waals surface area contributed by atoms with Crippen LogP contribution < -0.4 is 0 Å². The molecule has 1 amide bonds. The molecular weight excluding hydrogens is 406 g/mol. The van der Waals surface area contributed by atoms with Crippen molar-refractivity contribution in [2.45, 2.75) is 65.4 Å². The molecule has 1 aliphatic heterocycles. The van der Waals surface area contributed by atoms with Crippen LogP contribution in [-0.2, 0) is 22.4 Å². The predicted octanol–water partition coefficient (Wildman–Crippen LogP) is 7.10. The number of aryl methyl sites for hydroxylation is 1. The fraction of sp³-hybridized carbons (Fsp3) is 0.367. The SMILES string of the molecule is C=C/C(=C\C1=C(C)N(C(=O)Cc2ccccc2)CC(CC)O1)c1ccc(CCCCC)cc1. The summed E-state index contributed by atoms with van der Waals surface area (Å²) < 4.78 is 6.28. The zero-order chi connectivity index (χ0) is 23.6. The Bertz CT molecular complexity index is 986. The number of rotatable bonds is 10. The van der Waals surface area contributed by atoms with Gasteiger partial charge in [-0.15, -0.1) is 0 Å². The molecule has 0 aromatic heterocycles. The van der Waals surface area contributed by atoms with Crippen LogP contribution in [0.25, 0.3) is 5.57 Å². The lowest BCUT2D eigenvalue weighted by molar-refractivity contribution is -0.131. The maximum absolute atomic E-state index is 13.2. The van der Waals surface area contributed by atoms with Gasteiger partial charge < -0.3 is 9.64 Å². The van der Waals surface area contributed by atoms with Crippen molar-refractivity contribution in [3.8, 4) is 0 Å². The summed E-state index contributed by atoms with van der Waals surface area (Å²) in [6.45, 7) is 10.9. The van der Waals surface area contributed by atoms with E-state index in [0.717, 1.165) is 41.0 Å². The van der Waals surface area contributed by atoms with Gasteiger partial charge in [-0.2, -0.15) is 0 Å². The van der Waals surface area contributed by atoms with Crippen LogP contribution in [-0.4, -0.2) is 23.5 Å². The van der Waals surface area contributed by atoms with Crippen molar-refractivity contribution >= 4 is 11.5 Å². The molecule has 0 spiro atoms. The minimum absolute atomic E-state index is 0.0216. The number of carbonyl (C=O) groups is 1. The number of ether oxygens (including phenoxy) is 1. The van der Waals surface area contributed by atoms with Gasteiger partial charge in [-0.1, -0.05) is 93.9 Å². The van der Waals surface area contributed by atoms with Crippen LogP contribution >= 0.6 is 0 Å². The molecule has 0 fully saturated rings. The molecule has 3 heteroatoms. The molecule has 1 aliphatic rings. The molecule has 0 N–H and O–H groups in total. The Labute approximate surface area is 199 Å². The lowest BCUT2D eigenvalue weighted by Crippen LogP contribution is -2.42. The van der Waals surface area contributed by atoms with E-state index in [-0.39, 0.29) is 12.0 Å². The lowest BCUT2D eigenvalue weighted by Gasteiger charge is -2.35. The van der Waals surface area contributed by atoms with Crippen molar-refractivity contribution < 1.29 is 9.53 Å². The van der Waals surface area contributed by atoms with Gasteiger partial charge in [0.1, 0.15) is 11.9 Å². The van der Waals surface area contributed by atoms with E-state index in [0.29, 0.717) is 13.0 Å². The largest absolute Gasteiger partial charge is 0.487 e. The summed E-state index contributed by atoms with van der Waals surface area (Å²) in [5, 5.41) is 0. The smallest absolute Gasteiger partial charge is 0.231 e. The van der Waals surface area contributed by atoms with Crippen LogP contribution in [0.4, 0.5) is 0 Å². The molecule has 0 bridgehead atoms. The summed E-state index contributed by atoms with van der Waals surface area (Å²) >= 11 is 0. The van der Waals surface area contributed by atoms with Gasteiger partial charge in [0.15, 0.2) is 0 Å². The van der Waals surface area contributed by atoms with Crippen molar-refractivity contribution in [2.75, 3.05) is 6.54 Å². The minimum Gasteiger partial charge on any atom is -0.487 e. The van der Waals surface area contributed by atoms with Gasteiger partial charge in [-0.25, -0.2) is 0 Å². The molecule has 3 rings (SSSR count). The lowest BCUT2D eigenvalue weighted by atomic mass is 10.00. The average Bonchev–Trinajstić information content (AvgIpc) is 2.84. The fourth-order valence-electron chi connectivity index (χ4n) is 4.13. The Morgan fingerprint density at radius 1 is 1.06 bits per heavy atom. The second kappa shape index (κ2) is 12.2. The van der Waals surface area contributed by atoms with Crippen molar-refractivity contribution in [3.63, 3.8) is 0 Å². The van der Waals surface area contributed by atoms with Gasteiger partial charge >= 0.3 is 0 Å². The first-order chi connectivity index (χ1) is 16.0. The van der Waals surface area contributed by atoms with E-state index in [1.54, 1.807) is 0 Å². The van der Waals surface area contributed by atoms with Crippen LogP contribution in [0.15, 0.2) is 84.8 Å². The Morgan fingerprint density at radius 2 is 1.79 bits per heavy atom. The summed E-state index contributed by atoms with van der Waals surface area (Å²) in [5.41, 5.74) is 5.35. The highest BCUT2D eigenvalue weighted by Crippen LogP contribution is 2.28. The Kier molecular flexibility index (Phi) is 9.12. The molecule has 2 aromatic rings. The van der Waals surface area contributed by atoms with E-state index < -0.39 is 0 Å². The Morgan fingerprint density at radius 3 is 2.42 bits per heavy atom. The third kappa shape index (κ3) is 6.71. The molecule has 33 heavy (non-hydrogen) atoms. The second-order valence-electron chi connectivity index (χ2n) is 8.72. The van der Waals surface area contributed by atoms with E-state index in [4.69, 9.17) is 4.74 Å². The maximum Gasteiger partial charge on any atom is 0.231 e. The van der Waals surface area contributed by atoms with E-state index in [1.807, 2.05) is 54.3 Å². The van der Waals surface area contributed by atoms with Gasteiger partial charge in [0.05, 0.1) is 18.7 Å². The molecule has 1 atom stereocenters. The van der Waals surface area contributed by atoms with Crippen molar-refractivity contribution in [1.29, 1.82) is 0 Å². The maximum atomic E-state index is 13.2. The third-order valence-electron chi connectivity index (χ3n) is 6.26. The molecule has 0 saturated carbocycles. The molecule has 0 saturated heterocycles. The van der Waals surface area contributed by atoms with Crippen molar-refractivity contribution in [3.05, 3.63) is 101 Å². The fourth-order valence-corrected chi connectivity index (χ4v) is 4.13. The molecule has 1 heterocycles. The molecule has 1 unspecified atom stereocenters. The molecule has 0 radical (unpaired) electrons. The number of amides is 1. The first-order valence-electron chi connectivity index (χ1n) is 12.2. The van der Waals surface area contributed by atoms with Gasteiger partial charge in [0, 0.05) is 0 Å². The Hall–Kier alpha value is -3.07. The summed E-state index contributed by atoms with van der Waals surface area (Å²) in [5.74, 6) is 0.847. The number of hydrogen-bond acceptors (Lipinski definition) is 2. The third-order valence-corrected chi connectivity index (χ3v) is 6.26. The Balaban J connectivity index is 1.83. The normalized spacial score (nSPS) is 16.5. The predicted molar refractivity (Wildman–Crippen MR) is 138 cm³/mol. The van der Waals surface area contributed by atoms with Gasteiger partial charge in [0.2, 0.25) is 5.91 Å². The van der Waals surface area contributed by atoms with E-state index in [9.17, 15) is 4.79 Å². The standard InChI is InChI=1S/C30H37NO2/c1-5-8-10-13-24-16-18-27(19-17-24)26(6-2)21-29-23(4)31(22-28(7-3)33-29)30(32)20-25-14-11-9-12-15-25/h6,9,11-12,14-19,21,28H,2,5,7-8,10,13,20,22H2,1,3-4H3/b26-21+. The number of hydrogen-bond donors (Lipinski definition) is 0. The van der Waals surface area contributed by atoms with Crippen LogP contribution in [0.3, 0.4) is 0 Å². The number of allylic oxidation sites excluding steroid dienone is 4. The molecule has 174 valence electrons. The number of benzene rings is 2. The van der Waals surface area contributed by atoms with Crippen LogP contribution in [0, 0.1) is 0 Å². The van der Waals surface area contributed by atoms with E-state index >= 15 is 0 Å². The summed E-state index contributed by atoms with van der Waals surface area (Å²) in [6, 6.07) is 18.6. The first-order valence-corrected chi connectivity index (χ1v) is 12.2. The number of nitrogens with zero attached hydrogens (tertiary/aromatic N) is 1. The van der Waals surface area contributed by atoms with E-state index in [2.05, 4.69) is 44.7 Å². The molecule has 3 nitrogen and oxygen atoms in total. The summed E-state index contributed by atoms with van der Waals surface area (Å²) in [7, 11) is 0. The van der Waals surface area contributed by atoms with E-state index in [1.165, 1.54) is 24.8 Å². The molecule has 0 aliphatic carbocycles. The zero-order valence-electron chi connectivity index (χ0n) is 20.3. The second-order valence-corrected chi connectivity index (χ2v) is 8.72. The van der Waals surface area contributed by atoms with Gasteiger partial charge in [-0.3, -0.25) is 4.79 Å². The first kappa shape index (κ1) is 24.6. The average molecular weight is 444 g/mol. The van der Waals surface area contributed by atoms with Crippen molar-refractivity contribution in [1.82, 2.24) is 4.90 Å². The monoisotopic (exact) mass is 443 g/mol. The summed E-state index contributed by atoms with van der Waals surface area (Å²) in [4.78, 5) is 15.0. The molecular formula is C30H37NO2. The van der Waals surface area contributed by atoms with Gasteiger partial charge in [0.25, 0.3) is 0 Å².